The van der Waals surface area contributed by atoms with Gasteiger partial charge in [0.05, 0.1) is 14.5 Å². The van der Waals surface area contributed by atoms with Crippen molar-refractivity contribution < 1.29 is 4.79 Å². The predicted octanol–water partition coefficient (Wildman–Crippen LogP) is 4.93. The maximum Gasteiger partial charge on any atom is 0.252 e. The summed E-state index contributed by atoms with van der Waals surface area (Å²) in [6, 6.07) is 15.9. The van der Waals surface area contributed by atoms with Crippen LogP contribution < -0.4 is 5.32 Å². The molecule has 3 aromatic rings. The van der Waals surface area contributed by atoms with Crippen LogP contribution in [0.5, 0.6) is 0 Å². The number of hydrogen-bond donors (Lipinski definition) is 1. The van der Waals surface area contributed by atoms with Gasteiger partial charge in [-0.2, -0.15) is 0 Å². The van der Waals surface area contributed by atoms with Crippen LogP contribution >= 0.6 is 45.3 Å². The molecule has 0 bridgehead atoms. The van der Waals surface area contributed by atoms with Gasteiger partial charge < -0.3 is 5.32 Å². The van der Waals surface area contributed by atoms with E-state index in [1.807, 2.05) is 53.2 Å². The van der Waals surface area contributed by atoms with Gasteiger partial charge in [-0.1, -0.05) is 36.4 Å². The molecule has 0 saturated heterocycles. The summed E-state index contributed by atoms with van der Waals surface area (Å²) < 4.78 is 1.12. The molecule has 21 heavy (non-hydrogen) atoms. The number of amides is 1. The molecule has 0 aliphatic heterocycles. The molecular formula is C16H12INOS2. The molecular weight excluding hydrogens is 413 g/mol. The number of thiophene rings is 2. The van der Waals surface area contributed by atoms with Crippen LogP contribution in [-0.2, 0) is 0 Å². The molecule has 1 unspecified atom stereocenters. The third-order valence-electron chi connectivity index (χ3n) is 3.07. The average molecular weight is 425 g/mol. The zero-order valence-electron chi connectivity index (χ0n) is 11.0. The quantitative estimate of drug-likeness (QED) is 0.590. The first-order valence-corrected chi connectivity index (χ1v) is 9.21. The van der Waals surface area contributed by atoms with E-state index in [0.717, 1.165) is 18.9 Å². The van der Waals surface area contributed by atoms with Crippen LogP contribution in [0.15, 0.2) is 59.3 Å². The van der Waals surface area contributed by atoms with Crippen molar-refractivity contribution in [2.24, 2.45) is 0 Å². The van der Waals surface area contributed by atoms with E-state index < -0.39 is 0 Å². The van der Waals surface area contributed by atoms with Crippen molar-refractivity contribution in [3.63, 3.8) is 0 Å². The lowest BCUT2D eigenvalue weighted by Crippen LogP contribution is -2.28. The Hall–Kier alpha value is -1.18. The number of carbonyl (C=O) groups excluding carboxylic acids is 1. The molecule has 0 aliphatic rings. The minimum atomic E-state index is -0.101. The second kappa shape index (κ2) is 6.72. The summed E-state index contributed by atoms with van der Waals surface area (Å²) in [6.07, 6.45) is 0. The number of benzene rings is 1. The van der Waals surface area contributed by atoms with E-state index in [9.17, 15) is 4.79 Å². The van der Waals surface area contributed by atoms with E-state index in [4.69, 9.17) is 0 Å². The normalized spacial score (nSPS) is 12.0. The van der Waals surface area contributed by atoms with Crippen molar-refractivity contribution in [3.05, 3.63) is 78.2 Å². The fraction of sp³-hybridized carbons (Fsp3) is 0.0625. The van der Waals surface area contributed by atoms with Gasteiger partial charge in [0.2, 0.25) is 0 Å². The molecule has 0 aliphatic carbocycles. The predicted molar refractivity (Wildman–Crippen MR) is 97.1 cm³/mol. The number of halogens is 1. The van der Waals surface area contributed by atoms with Gasteiger partial charge in [0.1, 0.15) is 0 Å². The molecule has 1 atom stereocenters. The first kappa shape index (κ1) is 14.7. The van der Waals surface area contributed by atoms with Crippen molar-refractivity contribution in [2.75, 3.05) is 0 Å². The third kappa shape index (κ3) is 3.53. The number of hydrogen-bond acceptors (Lipinski definition) is 3. The van der Waals surface area contributed by atoms with Crippen LogP contribution in [-0.4, -0.2) is 5.91 Å². The summed E-state index contributed by atoms with van der Waals surface area (Å²) in [5, 5.41) is 7.07. The maximum atomic E-state index is 12.4. The van der Waals surface area contributed by atoms with Crippen LogP contribution in [0.4, 0.5) is 0 Å². The Kier molecular flexibility index (Phi) is 4.72. The number of rotatable bonds is 4. The highest BCUT2D eigenvalue weighted by atomic mass is 127. The second-order valence-corrected chi connectivity index (χ2v) is 8.26. The summed E-state index contributed by atoms with van der Waals surface area (Å²) in [7, 11) is 0. The van der Waals surface area contributed by atoms with E-state index in [1.54, 1.807) is 22.7 Å². The van der Waals surface area contributed by atoms with Gasteiger partial charge >= 0.3 is 0 Å². The standard InChI is InChI=1S/C16H12INOS2/c17-14-9-12(10-21-14)16(19)18-15(13-7-4-8-20-13)11-5-2-1-3-6-11/h1-10,15H,(H,18,19). The van der Waals surface area contributed by atoms with Crippen LogP contribution in [0.1, 0.15) is 26.8 Å². The van der Waals surface area contributed by atoms with Crippen molar-refractivity contribution in [1.82, 2.24) is 5.32 Å². The summed E-state index contributed by atoms with van der Waals surface area (Å²) in [5.74, 6) is -0.0311. The Labute approximate surface area is 145 Å². The highest BCUT2D eigenvalue weighted by Crippen LogP contribution is 2.27. The minimum absolute atomic E-state index is 0.0311. The van der Waals surface area contributed by atoms with Gasteiger partial charge in [0.25, 0.3) is 5.91 Å². The zero-order chi connectivity index (χ0) is 14.7. The highest BCUT2D eigenvalue weighted by Gasteiger charge is 2.19. The van der Waals surface area contributed by atoms with Gasteiger partial charge in [-0.3, -0.25) is 4.79 Å². The minimum Gasteiger partial charge on any atom is -0.340 e. The van der Waals surface area contributed by atoms with Gasteiger partial charge in [0.15, 0.2) is 0 Å². The molecule has 0 fully saturated rings. The van der Waals surface area contributed by atoms with Crippen LogP contribution in [0, 0.1) is 2.88 Å². The largest absolute Gasteiger partial charge is 0.340 e. The van der Waals surface area contributed by atoms with Crippen molar-refractivity contribution in [1.29, 1.82) is 0 Å². The van der Waals surface area contributed by atoms with E-state index in [0.29, 0.717) is 0 Å². The Morgan fingerprint density at radius 1 is 1.10 bits per heavy atom. The molecule has 0 spiro atoms. The highest BCUT2D eigenvalue weighted by molar-refractivity contribution is 14.1. The summed E-state index contributed by atoms with van der Waals surface area (Å²) in [4.78, 5) is 13.6. The molecule has 0 saturated carbocycles. The Bertz CT molecular complexity index is 722. The Balaban J connectivity index is 1.88. The SMILES string of the molecule is O=C(NC(c1ccccc1)c1cccs1)c1csc(I)c1. The molecule has 3 rings (SSSR count). The smallest absolute Gasteiger partial charge is 0.252 e. The van der Waals surface area contributed by atoms with E-state index in [-0.39, 0.29) is 11.9 Å². The maximum absolute atomic E-state index is 12.4. The molecule has 2 aromatic heterocycles. The molecule has 0 radical (unpaired) electrons. The van der Waals surface area contributed by atoms with E-state index >= 15 is 0 Å². The van der Waals surface area contributed by atoms with Crippen molar-refractivity contribution in [2.45, 2.75) is 6.04 Å². The lowest BCUT2D eigenvalue weighted by molar-refractivity contribution is 0.0944. The van der Waals surface area contributed by atoms with Crippen LogP contribution in [0.2, 0.25) is 0 Å². The molecule has 2 nitrogen and oxygen atoms in total. The average Bonchev–Trinajstić information content (AvgIpc) is 3.17. The lowest BCUT2D eigenvalue weighted by atomic mass is 10.1. The topological polar surface area (TPSA) is 29.1 Å². The monoisotopic (exact) mass is 425 g/mol. The third-order valence-corrected chi connectivity index (χ3v) is 5.79. The fourth-order valence-corrected chi connectivity index (χ4v) is 4.19. The van der Waals surface area contributed by atoms with E-state index in [2.05, 4.69) is 34.0 Å². The summed E-state index contributed by atoms with van der Waals surface area (Å²) >= 11 is 5.47. The van der Waals surface area contributed by atoms with Gasteiger partial charge in [0, 0.05) is 10.3 Å². The summed E-state index contributed by atoms with van der Waals surface area (Å²) in [5.41, 5.74) is 1.82. The molecule has 1 aromatic carbocycles. The summed E-state index contributed by atoms with van der Waals surface area (Å²) in [6.45, 7) is 0. The van der Waals surface area contributed by atoms with Gasteiger partial charge in [-0.05, 0) is 45.7 Å². The van der Waals surface area contributed by atoms with Crippen molar-refractivity contribution in [3.8, 4) is 0 Å². The molecule has 2 heterocycles. The lowest BCUT2D eigenvalue weighted by Gasteiger charge is -2.17. The molecule has 5 heteroatoms. The van der Waals surface area contributed by atoms with Gasteiger partial charge in [-0.25, -0.2) is 0 Å². The van der Waals surface area contributed by atoms with Crippen LogP contribution in [0.25, 0.3) is 0 Å². The molecule has 1 amide bonds. The second-order valence-electron chi connectivity index (χ2n) is 4.47. The Morgan fingerprint density at radius 3 is 2.52 bits per heavy atom. The van der Waals surface area contributed by atoms with Crippen molar-refractivity contribution >= 4 is 51.2 Å². The number of carbonyl (C=O) groups is 1. The fourth-order valence-electron chi connectivity index (χ4n) is 2.06. The first-order chi connectivity index (χ1) is 10.2. The molecule has 1 N–H and O–H groups in total. The van der Waals surface area contributed by atoms with Gasteiger partial charge in [-0.15, -0.1) is 22.7 Å². The first-order valence-electron chi connectivity index (χ1n) is 6.37. The molecule has 106 valence electrons. The Morgan fingerprint density at radius 2 is 1.90 bits per heavy atom. The zero-order valence-corrected chi connectivity index (χ0v) is 14.7. The van der Waals surface area contributed by atoms with Crippen LogP contribution in [0.3, 0.4) is 0 Å². The number of nitrogens with one attached hydrogen (secondary N) is 1. The van der Waals surface area contributed by atoms with E-state index in [1.165, 1.54) is 0 Å².